The highest BCUT2D eigenvalue weighted by Crippen LogP contribution is 2.57. The van der Waals surface area contributed by atoms with Crippen molar-refractivity contribution in [1.29, 1.82) is 0 Å². The minimum atomic E-state index is -0.509. The van der Waals surface area contributed by atoms with Gasteiger partial charge >= 0.3 is 7.12 Å². The molecule has 1 aliphatic carbocycles. The van der Waals surface area contributed by atoms with E-state index in [0.29, 0.717) is 0 Å². The van der Waals surface area contributed by atoms with Gasteiger partial charge in [-0.15, -0.1) is 0 Å². The van der Waals surface area contributed by atoms with Gasteiger partial charge in [0.2, 0.25) is 0 Å². The van der Waals surface area contributed by atoms with E-state index in [1.165, 1.54) is 71.6 Å². The van der Waals surface area contributed by atoms with Crippen LogP contribution in [0.5, 0.6) is 0 Å². The number of nitrogens with zero attached hydrogens (tertiary/aromatic N) is 1. The molecule has 2 heterocycles. The molecule has 3 nitrogen and oxygen atoms in total. The van der Waals surface area contributed by atoms with Crippen molar-refractivity contribution in [3.05, 3.63) is 192 Å². The zero-order valence-corrected chi connectivity index (χ0v) is 31.0. The number of hydrogen-bond acceptors (Lipinski definition) is 3. The van der Waals surface area contributed by atoms with E-state index < -0.39 is 23.7 Å². The Hall–Kier alpha value is -5.81. The van der Waals surface area contributed by atoms with Crippen molar-refractivity contribution in [1.82, 2.24) is 4.98 Å². The van der Waals surface area contributed by atoms with Gasteiger partial charge in [0.25, 0.3) is 0 Å². The molecule has 2 aliphatic rings. The Morgan fingerprint density at radius 3 is 1.44 bits per heavy atom. The van der Waals surface area contributed by atoms with E-state index in [4.69, 9.17) is 14.3 Å². The summed E-state index contributed by atoms with van der Waals surface area (Å²) in [4.78, 5) is 4.94. The van der Waals surface area contributed by atoms with Crippen LogP contribution in [-0.2, 0) is 14.7 Å². The maximum atomic E-state index is 6.34. The average Bonchev–Trinajstić information content (AvgIpc) is 3.63. The molecule has 1 saturated heterocycles. The molecule has 1 aliphatic heterocycles. The molecule has 10 rings (SSSR count). The zero-order chi connectivity index (χ0) is 36.7. The first-order valence-corrected chi connectivity index (χ1v) is 18.9. The lowest BCUT2D eigenvalue weighted by Gasteiger charge is -2.34. The van der Waals surface area contributed by atoms with Crippen molar-refractivity contribution in [2.75, 3.05) is 0 Å². The van der Waals surface area contributed by atoms with Gasteiger partial charge in [0.15, 0.2) is 0 Å². The molecule has 4 heteroatoms. The van der Waals surface area contributed by atoms with Crippen molar-refractivity contribution in [3.63, 3.8) is 0 Å². The molecule has 0 bridgehead atoms. The summed E-state index contributed by atoms with van der Waals surface area (Å²) in [6.45, 7) is 8.30. The van der Waals surface area contributed by atoms with Gasteiger partial charge < -0.3 is 9.31 Å². The second-order valence-corrected chi connectivity index (χ2v) is 15.7. The van der Waals surface area contributed by atoms with E-state index in [9.17, 15) is 0 Å². The maximum Gasteiger partial charge on any atom is 0.514 e. The Balaban J connectivity index is 1.19. The highest BCUT2D eigenvalue weighted by Gasteiger charge is 2.52. The van der Waals surface area contributed by atoms with Crippen LogP contribution in [0, 0.1) is 0 Å². The number of pyridine rings is 1. The summed E-state index contributed by atoms with van der Waals surface area (Å²) in [5, 5.41) is 4.80. The molecule has 0 spiro atoms. The van der Waals surface area contributed by atoms with Crippen molar-refractivity contribution in [3.8, 4) is 33.4 Å². The third-order valence-corrected chi connectivity index (χ3v) is 12.2. The minimum absolute atomic E-state index is 0.428. The number of fused-ring (bicyclic) bond motifs is 5. The summed E-state index contributed by atoms with van der Waals surface area (Å²) < 4.78 is 12.7. The minimum Gasteiger partial charge on any atom is -0.398 e. The van der Waals surface area contributed by atoms with Gasteiger partial charge in [-0.05, 0) is 111 Å². The van der Waals surface area contributed by atoms with E-state index in [-0.39, 0.29) is 0 Å². The van der Waals surface area contributed by atoms with Crippen LogP contribution in [-0.4, -0.2) is 23.3 Å². The first-order chi connectivity index (χ1) is 26.3. The molecule has 0 N–H and O–H groups in total. The molecule has 0 atom stereocenters. The predicted octanol–water partition coefficient (Wildman–Crippen LogP) is 11.4. The maximum absolute atomic E-state index is 6.34. The topological polar surface area (TPSA) is 31.4 Å². The van der Waals surface area contributed by atoms with Crippen molar-refractivity contribution in [2.24, 2.45) is 0 Å². The van der Waals surface area contributed by atoms with E-state index in [2.05, 4.69) is 191 Å². The normalized spacial score (nSPS) is 16.4. The number of benzene rings is 7. The lowest BCUT2D eigenvalue weighted by molar-refractivity contribution is 0.00578. The largest absolute Gasteiger partial charge is 0.514 e. The molecule has 7 aromatic carbocycles. The van der Waals surface area contributed by atoms with Gasteiger partial charge in [-0.1, -0.05) is 152 Å². The lowest BCUT2D eigenvalue weighted by atomic mass is 9.67. The quantitative estimate of drug-likeness (QED) is 0.133. The Labute approximate surface area is 317 Å². The molecule has 0 radical (unpaired) electrons. The van der Waals surface area contributed by atoms with Gasteiger partial charge in [0, 0.05) is 11.8 Å². The molecule has 0 amide bonds. The van der Waals surface area contributed by atoms with Crippen LogP contribution in [0.3, 0.4) is 0 Å². The summed E-state index contributed by atoms with van der Waals surface area (Å²) in [6, 6.07) is 60.1. The summed E-state index contributed by atoms with van der Waals surface area (Å²) in [6.07, 6.45) is 1.98. The summed E-state index contributed by atoms with van der Waals surface area (Å²) >= 11 is 0. The van der Waals surface area contributed by atoms with Gasteiger partial charge in [0.1, 0.15) is 0 Å². The van der Waals surface area contributed by atoms with Crippen molar-refractivity contribution in [2.45, 2.75) is 44.3 Å². The Morgan fingerprint density at radius 1 is 0.444 bits per heavy atom. The number of hydrogen-bond donors (Lipinski definition) is 0. The molecular weight excluding hydrogens is 657 g/mol. The molecular formula is C50H40BNO2. The van der Waals surface area contributed by atoms with Crippen LogP contribution in [0.25, 0.3) is 54.9 Å². The number of aromatic nitrogens is 1. The van der Waals surface area contributed by atoms with Gasteiger partial charge in [-0.25, -0.2) is 0 Å². The van der Waals surface area contributed by atoms with E-state index in [1.807, 2.05) is 6.20 Å². The fraction of sp³-hybridized carbons (Fsp3) is 0.140. The molecule has 1 aromatic heterocycles. The third kappa shape index (κ3) is 4.73. The zero-order valence-electron chi connectivity index (χ0n) is 31.0. The third-order valence-electron chi connectivity index (χ3n) is 12.2. The Morgan fingerprint density at radius 2 is 0.907 bits per heavy atom. The Bertz CT molecular complexity index is 2610. The van der Waals surface area contributed by atoms with Crippen LogP contribution in [0.2, 0.25) is 0 Å². The second kappa shape index (κ2) is 12.1. The Kier molecular flexibility index (Phi) is 7.36. The van der Waals surface area contributed by atoms with E-state index in [0.717, 1.165) is 11.2 Å². The van der Waals surface area contributed by atoms with Crippen molar-refractivity contribution < 1.29 is 9.31 Å². The van der Waals surface area contributed by atoms with Crippen LogP contribution in [0.15, 0.2) is 170 Å². The molecule has 1 fully saturated rings. The molecule has 0 saturated carbocycles. The standard InChI is InChI=1S/C50H40BNO2/c1-48(2)49(3,4)54-51(53-48)45-30-28-34(32-52-45)47-41-24-13-11-22-39(41)46(40-23-12-14-25-42(40)47)33-27-29-38-37-21-15-16-26-43(37)50(44(38)31-33,35-17-7-5-8-18-35)36-19-9-6-10-20-36/h5-32H,1-4H3. The number of rotatable bonds is 5. The second-order valence-electron chi connectivity index (χ2n) is 15.7. The highest BCUT2D eigenvalue weighted by atomic mass is 16.7. The van der Waals surface area contributed by atoms with Gasteiger partial charge in [-0.3, -0.25) is 4.98 Å². The monoisotopic (exact) mass is 697 g/mol. The summed E-state index contributed by atoms with van der Waals surface area (Å²) in [5.74, 6) is 0. The molecule has 54 heavy (non-hydrogen) atoms. The van der Waals surface area contributed by atoms with Crippen LogP contribution in [0.1, 0.15) is 49.9 Å². The van der Waals surface area contributed by atoms with Gasteiger partial charge in [0.05, 0.1) is 22.2 Å². The lowest BCUT2D eigenvalue weighted by Crippen LogP contribution is -2.41. The van der Waals surface area contributed by atoms with E-state index in [1.54, 1.807) is 0 Å². The first-order valence-electron chi connectivity index (χ1n) is 18.9. The predicted molar refractivity (Wildman–Crippen MR) is 223 cm³/mol. The fourth-order valence-electron chi connectivity index (χ4n) is 9.01. The van der Waals surface area contributed by atoms with Gasteiger partial charge in [-0.2, -0.15) is 0 Å². The van der Waals surface area contributed by atoms with Crippen LogP contribution >= 0.6 is 0 Å². The summed E-state index contributed by atoms with van der Waals surface area (Å²) in [5.41, 5.74) is 11.8. The van der Waals surface area contributed by atoms with Crippen LogP contribution < -0.4 is 5.59 Å². The molecule has 0 unspecified atom stereocenters. The SMILES string of the molecule is CC1(C)OB(c2ccc(-c3c4ccccc4c(-c4ccc5c(c4)C(c4ccccc4)(c4ccccc4)c4ccccc4-5)c4ccccc34)cn2)OC1(C)C. The van der Waals surface area contributed by atoms with E-state index >= 15 is 0 Å². The average molecular weight is 698 g/mol. The van der Waals surface area contributed by atoms with Crippen LogP contribution in [0.4, 0.5) is 0 Å². The smallest absolute Gasteiger partial charge is 0.398 e. The fourth-order valence-corrected chi connectivity index (χ4v) is 9.01. The molecule has 260 valence electrons. The summed E-state index contributed by atoms with van der Waals surface area (Å²) in [7, 11) is -0.509. The first kappa shape index (κ1) is 32.8. The molecule has 8 aromatic rings. The van der Waals surface area contributed by atoms with Crippen molar-refractivity contribution >= 4 is 34.3 Å². The highest BCUT2D eigenvalue weighted by molar-refractivity contribution is 6.61.